The van der Waals surface area contributed by atoms with Crippen molar-refractivity contribution < 1.29 is 8.42 Å². The van der Waals surface area contributed by atoms with E-state index in [0.29, 0.717) is 19.0 Å². The summed E-state index contributed by atoms with van der Waals surface area (Å²) < 4.78 is 26.5. The first-order valence-corrected chi connectivity index (χ1v) is 8.29. The van der Waals surface area contributed by atoms with Crippen LogP contribution in [0.1, 0.15) is 26.2 Å². The van der Waals surface area contributed by atoms with E-state index in [0.717, 1.165) is 30.6 Å². The molecule has 96 valence electrons. The van der Waals surface area contributed by atoms with Crippen LogP contribution >= 0.6 is 22.9 Å². The van der Waals surface area contributed by atoms with Gasteiger partial charge in [0.05, 0.1) is 6.20 Å². The Morgan fingerprint density at radius 1 is 1.65 bits per heavy atom. The SMILES string of the molecule is CCCC1CCN(S(=O)(=O)c2cnc(Cl)s2)C1. The largest absolute Gasteiger partial charge is 0.254 e. The third-order valence-corrected chi connectivity index (χ3v) is 6.41. The number of thiazole rings is 1. The van der Waals surface area contributed by atoms with Gasteiger partial charge in [-0.05, 0) is 18.8 Å². The van der Waals surface area contributed by atoms with Crippen molar-refractivity contribution in [3.05, 3.63) is 10.7 Å². The molecule has 1 atom stereocenters. The van der Waals surface area contributed by atoms with Gasteiger partial charge in [-0.2, -0.15) is 4.31 Å². The molecule has 0 saturated carbocycles. The second-order valence-electron chi connectivity index (χ2n) is 4.24. The van der Waals surface area contributed by atoms with E-state index in [1.165, 1.54) is 6.20 Å². The quantitative estimate of drug-likeness (QED) is 0.858. The van der Waals surface area contributed by atoms with Crippen LogP contribution in [-0.2, 0) is 10.0 Å². The molecule has 1 aromatic rings. The summed E-state index contributed by atoms with van der Waals surface area (Å²) in [6.45, 7) is 3.37. The second kappa shape index (κ2) is 5.22. The van der Waals surface area contributed by atoms with Crippen molar-refractivity contribution in [1.29, 1.82) is 0 Å². The van der Waals surface area contributed by atoms with Crippen molar-refractivity contribution in [3.8, 4) is 0 Å². The smallest absolute Gasteiger partial charge is 0.232 e. The molecule has 1 aliphatic rings. The molecule has 2 heterocycles. The monoisotopic (exact) mass is 294 g/mol. The fourth-order valence-electron chi connectivity index (χ4n) is 2.14. The molecule has 17 heavy (non-hydrogen) atoms. The van der Waals surface area contributed by atoms with Crippen molar-refractivity contribution in [2.75, 3.05) is 13.1 Å². The molecule has 0 bridgehead atoms. The Hall–Kier alpha value is -0.170. The fourth-order valence-corrected chi connectivity index (χ4v) is 5.12. The van der Waals surface area contributed by atoms with Crippen LogP contribution in [0.2, 0.25) is 4.47 Å². The zero-order valence-electron chi connectivity index (χ0n) is 9.60. The lowest BCUT2D eigenvalue weighted by Crippen LogP contribution is -2.28. The average molecular weight is 295 g/mol. The van der Waals surface area contributed by atoms with Gasteiger partial charge in [-0.15, -0.1) is 0 Å². The zero-order chi connectivity index (χ0) is 12.5. The third-order valence-electron chi connectivity index (χ3n) is 3.00. The number of halogens is 1. The van der Waals surface area contributed by atoms with Gasteiger partial charge in [-0.3, -0.25) is 0 Å². The van der Waals surface area contributed by atoms with Crippen molar-refractivity contribution in [2.45, 2.75) is 30.4 Å². The van der Waals surface area contributed by atoms with Crippen molar-refractivity contribution in [3.63, 3.8) is 0 Å². The maximum atomic E-state index is 12.2. The second-order valence-corrected chi connectivity index (χ2v) is 8.02. The molecule has 7 heteroatoms. The van der Waals surface area contributed by atoms with Gasteiger partial charge < -0.3 is 0 Å². The maximum absolute atomic E-state index is 12.2. The molecule has 0 spiro atoms. The van der Waals surface area contributed by atoms with Crippen molar-refractivity contribution in [2.24, 2.45) is 5.92 Å². The highest BCUT2D eigenvalue weighted by Gasteiger charge is 2.33. The van der Waals surface area contributed by atoms with Crippen LogP contribution in [-0.4, -0.2) is 30.8 Å². The summed E-state index contributed by atoms with van der Waals surface area (Å²) in [5.74, 6) is 0.498. The Bertz CT molecular complexity index is 486. The van der Waals surface area contributed by atoms with Crippen LogP contribution in [0.5, 0.6) is 0 Å². The number of rotatable bonds is 4. The topological polar surface area (TPSA) is 50.3 Å². The molecule has 1 fully saturated rings. The summed E-state index contributed by atoms with van der Waals surface area (Å²) in [6.07, 6.45) is 4.50. The molecule has 0 amide bonds. The first-order valence-electron chi connectivity index (χ1n) is 5.65. The molecule has 1 saturated heterocycles. The van der Waals surface area contributed by atoms with E-state index in [2.05, 4.69) is 11.9 Å². The van der Waals surface area contributed by atoms with E-state index in [1.54, 1.807) is 4.31 Å². The summed E-state index contributed by atoms with van der Waals surface area (Å²) in [5, 5.41) is 0. The molecule has 0 radical (unpaired) electrons. The molecule has 2 rings (SSSR count). The summed E-state index contributed by atoms with van der Waals surface area (Å²) in [6, 6.07) is 0. The van der Waals surface area contributed by atoms with Gasteiger partial charge in [0.1, 0.15) is 0 Å². The number of aromatic nitrogens is 1. The minimum Gasteiger partial charge on any atom is -0.232 e. The van der Waals surface area contributed by atoms with Crippen LogP contribution in [0.3, 0.4) is 0 Å². The Kier molecular flexibility index (Phi) is 4.07. The third kappa shape index (κ3) is 2.81. The highest BCUT2D eigenvalue weighted by atomic mass is 35.5. The lowest BCUT2D eigenvalue weighted by atomic mass is 10.0. The van der Waals surface area contributed by atoms with Gasteiger partial charge >= 0.3 is 0 Å². The number of hydrogen-bond donors (Lipinski definition) is 0. The highest BCUT2D eigenvalue weighted by molar-refractivity contribution is 7.91. The predicted molar refractivity (Wildman–Crippen MR) is 68.9 cm³/mol. The van der Waals surface area contributed by atoms with Gasteiger partial charge in [0.2, 0.25) is 0 Å². The van der Waals surface area contributed by atoms with Gasteiger partial charge in [-0.25, -0.2) is 13.4 Å². The fraction of sp³-hybridized carbons (Fsp3) is 0.700. The normalized spacial score (nSPS) is 22.1. The van der Waals surface area contributed by atoms with Gasteiger partial charge in [-0.1, -0.05) is 36.3 Å². The van der Waals surface area contributed by atoms with Gasteiger partial charge in [0, 0.05) is 13.1 Å². The van der Waals surface area contributed by atoms with Gasteiger partial charge in [0.25, 0.3) is 10.0 Å². The van der Waals surface area contributed by atoms with Crippen molar-refractivity contribution >= 4 is 33.0 Å². The van der Waals surface area contributed by atoms with Crippen LogP contribution in [0.4, 0.5) is 0 Å². The van der Waals surface area contributed by atoms with Gasteiger partial charge in [0.15, 0.2) is 8.68 Å². The van der Waals surface area contributed by atoms with E-state index in [9.17, 15) is 8.42 Å². The maximum Gasteiger partial charge on any atom is 0.254 e. The number of nitrogens with zero attached hydrogens (tertiary/aromatic N) is 2. The summed E-state index contributed by atoms with van der Waals surface area (Å²) >= 11 is 6.70. The standard InChI is InChI=1S/C10H15ClN2O2S2/c1-2-3-8-4-5-13(7-8)17(14,15)9-6-12-10(11)16-9/h6,8H,2-5,7H2,1H3. The minimum atomic E-state index is -3.36. The first-order chi connectivity index (χ1) is 8.04. The Labute approximate surface area is 111 Å². The lowest BCUT2D eigenvalue weighted by Gasteiger charge is -2.14. The molecule has 1 aliphatic heterocycles. The molecule has 0 aliphatic carbocycles. The summed E-state index contributed by atoms with van der Waals surface area (Å²) in [4.78, 5) is 3.79. The molecule has 1 unspecified atom stereocenters. The van der Waals surface area contributed by atoms with E-state index < -0.39 is 10.0 Å². The van der Waals surface area contributed by atoms with E-state index in [-0.39, 0.29) is 8.68 Å². The van der Waals surface area contributed by atoms with Crippen molar-refractivity contribution in [1.82, 2.24) is 9.29 Å². The van der Waals surface area contributed by atoms with E-state index in [4.69, 9.17) is 11.6 Å². The summed E-state index contributed by atoms with van der Waals surface area (Å²) in [7, 11) is -3.36. The van der Waals surface area contributed by atoms with Crippen LogP contribution < -0.4 is 0 Å². The first kappa shape index (κ1) is 13.3. The molecule has 4 nitrogen and oxygen atoms in total. The molecule has 0 aromatic carbocycles. The number of hydrogen-bond acceptors (Lipinski definition) is 4. The van der Waals surface area contributed by atoms with E-state index in [1.807, 2.05) is 0 Å². The number of sulfonamides is 1. The van der Waals surface area contributed by atoms with Crippen LogP contribution in [0.15, 0.2) is 10.4 Å². The molecular weight excluding hydrogens is 280 g/mol. The predicted octanol–water partition coefficient (Wildman–Crippen LogP) is 2.61. The lowest BCUT2D eigenvalue weighted by molar-refractivity contribution is 0.445. The minimum absolute atomic E-state index is 0.250. The Balaban J connectivity index is 2.13. The Morgan fingerprint density at radius 3 is 3.00 bits per heavy atom. The average Bonchev–Trinajstić information content (AvgIpc) is 2.88. The van der Waals surface area contributed by atoms with E-state index >= 15 is 0 Å². The van der Waals surface area contributed by atoms with Crippen LogP contribution in [0, 0.1) is 5.92 Å². The zero-order valence-corrected chi connectivity index (χ0v) is 12.0. The summed E-state index contributed by atoms with van der Waals surface area (Å²) in [5.41, 5.74) is 0. The van der Waals surface area contributed by atoms with Crippen LogP contribution in [0.25, 0.3) is 0 Å². The molecular formula is C10H15ClN2O2S2. The molecule has 1 aromatic heterocycles. The molecule has 0 N–H and O–H groups in total. The highest BCUT2D eigenvalue weighted by Crippen LogP contribution is 2.30. The Morgan fingerprint density at radius 2 is 2.41 bits per heavy atom.